The molecule has 2 amide bonds. The molecule has 5 fully saturated rings. The normalized spacial score (nSPS) is 32.3. The van der Waals surface area contributed by atoms with Gasteiger partial charge in [-0.1, -0.05) is 30.3 Å². The van der Waals surface area contributed by atoms with Gasteiger partial charge < -0.3 is 15.4 Å². The molecule has 5 aliphatic carbocycles. The van der Waals surface area contributed by atoms with Crippen LogP contribution in [0.15, 0.2) is 30.3 Å². The van der Waals surface area contributed by atoms with E-state index in [-0.39, 0.29) is 29.8 Å². The second kappa shape index (κ2) is 7.71. The predicted molar refractivity (Wildman–Crippen MR) is 110 cm³/mol. The second-order valence-electron chi connectivity index (χ2n) is 9.94. The van der Waals surface area contributed by atoms with Crippen molar-refractivity contribution in [3.63, 3.8) is 0 Å². The van der Waals surface area contributed by atoms with E-state index in [1.165, 1.54) is 19.3 Å². The summed E-state index contributed by atoms with van der Waals surface area (Å²) >= 11 is 0. The van der Waals surface area contributed by atoms with Crippen molar-refractivity contribution < 1.29 is 19.1 Å². The quantitative estimate of drug-likeness (QED) is 0.677. The van der Waals surface area contributed by atoms with Crippen molar-refractivity contribution in [1.82, 2.24) is 10.6 Å². The number of hydrogen-bond donors (Lipinski definition) is 2. The molecule has 1 aromatic carbocycles. The van der Waals surface area contributed by atoms with Gasteiger partial charge in [-0.15, -0.1) is 0 Å². The van der Waals surface area contributed by atoms with Gasteiger partial charge in [0.25, 0.3) is 5.91 Å². The maximum absolute atomic E-state index is 13.0. The van der Waals surface area contributed by atoms with E-state index in [0.717, 1.165) is 32.1 Å². The van der Waals surface area contributed by atoms with Crippen LogP contribution in [-0.4, -0.2) is 30.4 Å². The van der Waals surface area contributed by atoms with Gasteiger partial charge in [0.15, 0.2) is 0 Å². The zero-order valence-corrected chi connectivity index (χ0v) is 17.3. The van der Waals surface area contributed by atoms with Gasteiger partial charge in [-0.05, 0) is 69.1 Å². The maximum Gasteiger partial charge on any atom is 0.326 e. The van der Waals surface area contributed by atoms with Crippen LogP contribution < -0.4 is 10.6 Å². The molecule has 0 radical (unpaired) electrons. The largest absolute Gasteiger partial charge is 0.446 e. The summed E-state index contributed by atoms with van der Waals surface area (Å²) in [4.78, 5) is 38.2. The Balaban J connectivity index is 1.20. The zero-order valence-electron chi connectivity index (χ0n) is 17.3. The number of amides is 2. The summed E-state index contributed by atoms with van der Waals surface area (Å²) in [6.45, 7) is -0.194. The maximum atomic E-state index is 13.0. The summed E-state index contributed by atoms with van der Waals surface area (Å²) < 4.78 is 5.53. The van der Waals surface area contributed by atoms with Crippen LogP contribution in [0.5, 0.6) is 0 Å². The first-order chi connectivity index (χ1) is 14.5. The summed E-state index contributed by atoms with van der Waals surface area (Å²) in [5.41, 5.74) is 0.341. The van der Waals surface area contributed by atoms with E-state index in [4.69, 9.17) is 4.74 Å². The molecule has 1 unspecified atom stereocenters. The highest BCUT2D eigenvalue weighted by Crippen LogP contribution is 2.60. The number of hydrogen-bond acceptors (Lipinski definition) is 4. The highest BCUT2D eigenvalue weighted by Gasteiger charge is 2.54. The van der Waals surface area contributed by atoms with Crippen molar-refractivity contribution in [2.45, 2.75) is 63.5 Å². The monoisotopic (exact) mass is 410 g/mol. The lowest BCUT2D eigenvalue weighted by molar-refractivity contribution is -0.158. The van der Waals surface area contributed by atoms with Crippen LogP contribution in [0.3, 0.4) is 0 Å². The molecule has 1 aromatic rings. The summed E-state index contributed by atoms with van der Waals surface area (Å²) in [7, 11) is 0. The van der Waals surface area contributed by atoms with Gasteiger partial charge in [0.05, 0.1) is 0 Å². The first kappa shape index (κ1) is 19.6. The molecular formula is C24H30N2O4. The Morgan fingerprint density at radius 2 is 1.57 bits per heavy atom. The predicted octanol–water partition coefficient (Wildman–Crippen LogP) is 2.88. The molecule has 30 heavy (non-hydrogen) atoms. The molecule has 5 aliphatic rings. The van der Waals surface area contributed by atoms with E-state index in [0.29, 0.717) is 23.3 Å². The number of esters is 1. The lowest BCUT2D eigenvalue weighted by atomic mass is 9.49. The number of rotatable bonds is 7. The molecule has 160 valence electrons. The smallest absolute Gasteiger partial charge is 0.326 e. The summed E-state index contributed by atoms with van der Waals surface area (Å²) in [6, 6.07) is 9.22. The van der Waals surface area contributed by atoms with Crippen LogP contribution in [0.4, 0.5) is 0 Å². The van der Waals surface area contributed by atoms with Gasteiger partial charge >= 0.3 is 5.97 Å². The van der Waals surface area contributed by atoms with E-state index in [9.17, 15) is 14.4 Å². The molecule has 0 aliphatic heterocycles. The van der Waals surface area contributed by atoms with Crippen LogP contribution in [0, 0.1) is 23.2 Å². The molecule has 5 saturated carbocycles. The average molecular weight is 411 g/mol. The Bertz CT molecular complexity index is 798. The first-order valence-electron chi connectivity index (χ1n) is 11.3. The SMILES string of the molecule is O=C(CNC(=O)C12CC3CC(CC(C3)C1)C2)OC(C(=O)NC1CC1)c1ccccc1. The Labute approximate surface area is 177 Å². The van der Waals surface area contributed by atoms with Gasteiger partial charge in [-0.25, -0.2) is 0 Å². The molecule has 4 bridgehead atoms. The summed E-state index contributed by atoms with van der Waals surface area (Å²) in [5.74, 6) is 1.13. The van der Waals surface area contributed by atoms with Gasteiger partial charge in [0, 0.05) is 17.0 Å². The van der Waals surface area contributed by atoms with E-state index in [1.54, 1.807) is 12.1 Å². The van der Waals surface area contributed by atoms with E-state index >= 15 is 0 Å². The fourth-order valence-electron chi connectivity index (χ4n) is 6.31. The Kier molecular flexibility index (Phi) is 5.03. The van der Waals surface area contributed by atoms with Crippen molar-refractivity contribution in [1.29, 1.82) is 0 Å². The summed E-state index contributed by atoms with van der Waals surface area (Å²) in [6.07, 6.45) is 7.60. The lowest BCUT2D eigenvalue weighted by Gasteiger charge is -2.55. The lowest BCUT2D eigenvalue weighted by Crippen LogP contribution is -2.54. The number of ether oxygens (including phenoxy) is 1. The number of nitrogens with one attached hydrogen (secondary N) is 2. The molecule has 0 heterocycles. The molecular weight excluding hydrogens is 380 g/mol. The average Bonchev–Trinajstić information content (AvgIpc) is 3.53. The van der Waals surface area contributed by atoms with Crippen LogP contribution in [0.2, 0.25) is 0 Å². The van der Waals surface area contributed by atoms with Gasteiger partial charge in [-0.3, -0.25) is 14.4 Å². The van der Waals surface area contributed by atoms with Crippen LogP contribution in [0.1, 0.15) is 63.0 Å². The van der Waals surface area contributed by atoms with Crippen molar-refractivity contribution in [3.8, 4) is 0 Å². The fraction of sp³-hybridized carbons (Fsp3) is 0.625. The molecule has 6 heteroatoms. The zero-order chi connectivity index (χ0) is 20.7. The molecule has 6 nitrogen and oxygen atoms in total. The van der Waals surface area contributed by atoms with Crippen LogP contribution in [0.25, 0.3) is 0 Å². The van der Waals surface area contributed by atoms with Gasteiger partial charge in [-0.2, -0.15) is 0 Å². The van der Waals surface area contributed by atoms with Crippen LogP contribution >= 0.6 is 0 Å². The van der Waals surface area contributed by atoms with E-state index in [2.05, 4.69) is 10.6 Å². The minimum atomic E-state index is -0.990. The van der Waals surface area contributed by atoms with Crippen molar-refractivity contribution in [2.75, 3.05) is 6.54 Å². The second-order valence-corrected chi connectivity index (χ2v) is 9.94. The molecule has 0 spiro atoms. The Morgan fingerprint density at radius 1 is 0.967 bits per heavy atom. The standard InChI is InChI=1S/C24H30N2O4/c27-20(30-21(18-4-2-1-3-5-18)22(28)26-19-6-7-19)14-25-23(29)24-11-15-8-16(12-24)10-17(9-15)13-24/h1-5,15-17,19,21H,6-14H2,(H,25,29)(H,26,28). The van der Waals surface area contributed by atoms with Crippen molar-refractivity contribution in [3.05, 3.63) is 35.9 Å². The van der Waals surface area contributed by atoms with E-state index < -0.39 is 12.1 Å². The summed E-state index contributed by atoms with van der Waals surface area (Å²) in [5, 5.41) is 5.75. The minimum Gasteiger partial charge on any atom is -0.446 e. The number of carbonyl (C=O) groups excluding carboxylic acids is 3. The Morgan fingerprint density at radius 3 is 2.13 bits per heavy atom. The Hall–Kier alpha value is -2.37. The highest BCUT2D eigenvalue weighted by molar-refractivity contribution is 5.89. The third kappa shape index (κ3) is 3.96. The van der Waals surface area contributed by atoms with Crippen molar-refractivity contribution >= 4 is 17.8 Å². The topological polar surface area (TPSA) is 84.5 Å². The van der Waals surface area contributed by atoms with Gasteiger partial charge in [0.2, 0.25) is 12.0 Å². The number of carbonyl (C=O) groups is 3. The molecule has 2 N–H and O–H groups in total. The fourth-order valence-corrected chi connectivity index (χ4v) is 6.31. The van der Waals surface area contributed by atoms with Crippen molar-refractivity contribution in [2.24, 2.45) is 23.2 Å². The highest BCUT2D eigenvalue weighted by atomic mass is 16.5. The van der Waals surface area contributed by atoms with Crippen LogP contribution in [-0.2, 0) is 19.1 Å². The minimum absolute atomic E-state index is 0.00255. The van der Waals surface area contributed by atoms with E-state index in [1.807, 2.05) is 18.2 Å². The third-order valence-electron chi connectivity index (χ3n) is 7.43. The van der Waals surface area contributed by atoms with Gasteiger partial charge in [0.1, 0.15) is 6.54 Å². The molecule has 0 saturated heterocycles. The molecule has 1 atom stereocenters. The third-order valence-corrected chi connectivity index (χ3v) is 7.43. The first-order valence-corrected chi connectivity index (χ1v) is 11.3. The number of benzene rings is 1. The molecule has 6 rings (SSSR count). The molecule has 0 aromatic heterocycles.